The molecular formula is C14H18FNO. The maximum absolute atomic E-state index is 12.6. The SMILES string of the molecule is CCCCCNC(=O)/C=C/c1ccc(F)cc1. The van der Waals surface area contributed by atoms with Gasteiger partial charge in [0.15, 0.2) is 0 Å². The van der Waals surface area contributed by atoms with Gasteiger partial charge in [-0.1, -0.05) is 31.9 Å². The second-order valence-electron chi connectivity index (χ2n) is 3.88. The first kappa shape index (κ1) is 13.4. The Labute approximate surface area is 102 Å². The third-order valence-corrected chi connectivity index (χ3v) is 2.38. The van der Waals surface area contributed by atoms with Crippen LogP contribution in [0, 0.1) is 5.82 Å². The van der Waals surface area contributed by atoms with E-state index in [0.717, 1.165) is 24.8 Å². The smallest absolute Gasteiger partial charge is 0.243 e. The molecule has 0 spiro atoms. The topological polar surface area (TPSA) is 29.1 Å². The molecule has 1 aromatic rings. The highest BCUT2D eigenvalue weighted by Crippen LogP contribution is 2.04. The molecule has 0 aliphatic heterocycles. The summed E-state index contributed by atoms with van der Waals surface area (Å²) in [6.45, 7) is 2.83. The van der Waals surface area contributed by atoms with Crippen LogP contribution in [0.5, 0.6) is 0 Å². The first-order valence-corrected chi connectivity index (χ1v) is 5.94. The minimum atomic E-state index is -0.272. The lowest BCUT2D eigenvalue weighted by atomic mass is 10.2. The summed E-state index contributed by atoms with van der Waals surface area (Å²) in [6, 6.07) is 6.02. The highest BCUT2D eigenvalue weighted by atomic mass is 19.1. The van der Waals surface area contributed by atoms with Crippen molar-refractivity contribution in [1.29, 1.82) is 0 Å². The molecule has 0 atom stereocenters. The summed E-state index contributed by atoms with van der Waals surface area (Å²) in [5, 5.41) is 2.80. The summed E-state index contributed by atoms with van der Waals surface area (Å²) in [4.78, 5) is 11.4. The number of benzene rings is 1. The Morgan fingerprint density at radius 2 is 2.00 bits per heavy atom. The summed E-state index contributed by atoms with van der Waals surface area (Å²) >= 11 is 0. The molecule has 0 fully saturated rings. The molecule has 0 saturated carbocycles. The monoisotopic (exact) mass is 235 g/mol. The Hall–Kier alpha value is -1.64. The maximum atomic E-state index is 12.6. The van der Waals surface area contributed by atoms with Gasteiger partial charge in [-0.2, -0.15) is 0 Å². The van der Waals surface area contributed by atoms with Gasteiger partial charge in [0.25, 0.3) is 0 Å². The van der Waals surface area contributed by atoms with Gasteiger partial charge in [-0.3, -0.25) is 4.79 Å². The molecule has 0 unspecified atom stereocenters. The Morgan fingerprint density at radius 3 is 2.65 bits per heavy atom. The number of rotatable bonds is 6. The van der Waals surface area contributed by atoms with Crippen LogP contribution in [0.15, 0.2) is 30.3 Å². The second-order valence-corrected chi connectivity index (χ2v) is 3.88. The molecule has 1 aromatic carbocycles. The number of halogens is 1. The van der Waals surface area contributed by atoms with Gasteiger partial charge in [0.2, 0.25) is 5.91 Å². The van der Waals surface area contributed by atoms with Crippen molar-refractivity contribution in [3.8, 4) is 0 Å². The van der Waals surface area contributed by atoms with E-state index in [1.807, 2.05) is 0 Å². The van der Waals surface area contributed by atoms with Crippen LogP contribution in [0.1, 0.15) is 31.7 Å². The Balaban J connectivity index is 2.32. The summed E-state index contributed by atoms with van der Waals surface area (Å²) in [5.41, 5.74) is 0.815. The fourth-order valence-corrected chi connectivity index (χ4v) is 1.39. The van der Waals surface area contributed by atoms with Crippen molar-refractivity contribution in [3.05, 3.63) is 41.7 Å². The zero-order valence-electron chi connectivity index (χ0n) is 10.1. The minimum Gasteiger partial charge on any atom is -0.353 e. The zero-order valence-corrected chi connectivity index (χ0v) is 10.1. The number of nitrogens with one attached hydrogen (secondary N) is 1. The third-order valence-electron chi connectivity index (χ3n) is 2.38. The zero-order chi connectivity index (χ0) is 12.5. The van der Waals surface area contributed by atoms with E-state index < -0.39 is 0 Å². The molecule has 0 aliphatic carbocycles. The third kappa shape index (κ3) is 5.85. The van der Waals surface area contributed by atoms with E-state index in [0.29, 0.717) is 6.54 Å². The van der Waals surface area contributed by atoms with Crippen LogP contribution < -0.4 is 5.32 Å². The fraction of sp³-hybridized carbons (Fsp3) is 0.357. The lowest BCUT2D eigenvalue weighted by Crippen LogP contribution is -2.21. The van der Waals surface area contributed by atoms with Crippen molar-refractivity contribution in [2.75, 3.05) is 6.54 Å². The lowest BCUT2D eigenvalue weighted by molar-refractivity contribution is -0.116. The van der Waals surface area contributed by atoms with Crippen LogP contribution in [0.4, 0.5) is 4.39 Å². The number of unbranched alkanes of at least 4 members (excludes halogenated alkanes) is 2. The largest absolute Gasteiger partial charge is 0.353 e. The second kappa shape index (κ2) is 7.60. The van der Waals surface area contributed by atoms with Crippen molar-refractivity contribution >= 4 is 12.0 Å². The average molecular weight is 235 g/mol. The minimum absolute atomic E-state index is 0.106. The number of hydrogen-bond acceptors (Lipinski definition) is 1. The quantitative estimate of drug-likeness (QED) is 0.595. The Kier molecular flexibility index (Phi) is 6.00. The summed E-state index contributed by atoms with van der Waals surface area (Å²) in [7, 11) is 0. The number of carbonyl (C=O) groups is 1. The van der Waals surface area contributed by atoms with Crippen molar-refractivity contribution in [1.82, 2.24) is 5.32 Å². The van der Waals surface area contributed by atoms with Gasteiger partial charge in [-0.15, -0.1) is 0 Å². The van der Waals surface area contributed by atoms with E-state index >= 15 is 0 Å². The Bertz CT molecular complexity index is 370. The van der Waals surface area contributed by atoms with Gasteiger partial charge in [0.05, 0.1) is 0 Å². The molecule has 1 N–H and O–H groups in total. The van der Waals surface area contributed by atoms with Crippen molar-refractivity contribution in [2.45, 2.75) is 26.2 Å². The molecule has 0 radical (unpaired) electrons. The first-order valence-electron chi connectivity index (χ1n) is 5.94. The van der Waals surface area contributed by atoms with E-state index in [4.69, 9.17) is 0 Å². The van der Waals surface area contributed by atoms with Crippen LogP contribution in [0.3, 0.4) is 0 Å². The highest BCUT2D eigenvalue weighted by Gasteiger charge is 1.94. The van der Waals surface area contributed by atoms with Gasteiger partial charge < -0.3 is 5.32 Å². The standard InChI is InChI=1S/C14H18FNO/c1-2-3-4-11-16-14(17)10-7-12-5-8-13(15)9-6-12/h5-10H,2-4,11H2,1H3,(H,16,17)/b10-7+. The molecule has 2 nitrogen and oxygen atoms in total. The van der Waals surface area contributed by atoms with Gasteiger partial charge >= 0.3 is 0 Å². The van der Waals surface area contributed by atoms with Crippen LogP contribution in [-0.2, 0) is 4.79 Å². The van der Waals surface area contributed by atoms with Gasteiger partial charge in [-0.05, 0) is 30.2 Å². The van der Waals surface area contributed by atoms with Crippen LogP contribution in [0.2, 0.25) is 0 Å². The molecule has 0 bridgehead atoms. The van der Waals surface area contributed by atoms with Gasteiger partial charge in [0.1, 0.15) is 5.82 Å². The molecular weight excluding hydrogens is 217 g/mol. The van der Waals surface area contributed by atoms with Gasteiger partial charge in [-0.25, -0.2) is 4.39 Å². The van der Waals surface area contributed by atoms with E-state index in [9.17, 15) is 9.18 Å². The average Bonchev–Trinajstić information content (AvgIpc) is 2.34. The van der Waals surface area contributed by atoms with Crippen LogP contribution in [-0.4, -0.2) is 12.5 Å². The summed E-state index contributed by atoms with van der Waals surface area (Å²) < 4.78 is 12.6. The predicted molar refractivity (Wildman–Crippen MR) is 68.0 cm³/mol. The molecule has 0 heterocycles. The number of carbonyl (C=O) groups excluding carboxylic acids is 1. The molecule has 1 amide bonds. The predicted octanol–water partition coefficient (Wildman–Crippen LogP) is 3.15. The maximum Gasteiger partial charge on any atom is 0.243 e. The first-order chi connectivity index (χ1) is 8.22. The summed E-state index contributed by atoms with van der Waals surface area (Å²) in [5.74, 6) is -0.378. The van der Waals surface area contributed by atoms with Crippen molar-refractivity contribution in [2.24, 2.45) is 0 Å². The highest BCUT2D eigenvalue weighted by molar-refractivity contribution is 5.91. The van der Waals surface area contributed by atoms with Crippen molar-refractivity contribution in [3.63, 3.8) is 0 Å². The molecule has 0 saturated heterocycles. The number of amides is 1. The molecule has 17 heavy (non-hydrogen) atoms. The van der Waals surface area contributed by atoms with E-state index in [2.05, 4.69) is 12.2 Å². The van der Waals surface area contributed by atoms with Crippen LogP contribution in [0.25, 0.3) is 6.08 Å². The fourth-order valence-electron chi connectivity index (χ4n) is 1.39. The van der Waals surface area contributed by atoms with Crippen molar-refractivity contribution < 1.29 is 9.18 Å². The molecule has 92 valence electrons. The van der Waals surface area contributed by atoms with E-state index in [1.165, 1.54) is 18.2 Å². The van der Waals surface area contributed by atoms with E-state index in [1.54, 1.807) is 18.2 Å². The normalized spacial score (nSPS) is 10.7. The molecule has 0 aliphatic rings. The summed E-state index contributed by atoms with van der Waals surface area (Å²) in [6.07, 6.45) is 6.42. The van der Waals surface area contributed by atoms with Crippen LogP contribution >= 0.6 is 0 Å². The molecule has 1 rings (SSSR count). The lowest BCUT2D eigenvalue weighted by Gasteiger charge is -2.00. The Morgan fingerprint density at radius 1 is 1.29 bits per heavy atom. The molecule has 0 aromatic heterocycles. The van der Waals surface area contributed by atoms with Gasteiger partial charge in [0, 0.05) is 12.6 Å². The number of hydrogen-bond donors (Lipinski definition) is 1. The molecule has 3 heteroatoms. The van der Waals surface area contributed by atoms with E-state index in [-0.39, 0.29) is 11.7 Å².